The Kier molecular flexibility index (Phi) is 3.86. The fraction of sp³-hybridized carbons (Fsp3) is 0.167. The number of aromatic nitrogens is 3. The molecule has 0 atom stereocenters. The van der Waals surface area contributed by atoms with Gasteiger partial charge in [-0.25, -0.2) is 9.97 Å². The average molecular weight is 351 g/mol. The summed E-state index contributed by atoms with van der Waals surface area (Å²) in [5.41, 5.74) is 7.78. The molecule has 0 unspecified atom stereocenters. The van der Waals surface area contributed by atoms with Gasteiger partial charge in [0, 0.05) is 11.9 Å². The summed E-state index contributed by atoms with van der Waals surface area (Å²) in [6.45, 7) is 3.08. The highest BCUT2D eigenvalue weighted by molar-refractivity contribution is 6.06. The molecule has 27 heavy (non-hydrogen) atoms. The second-order valence-electron chi connectivity index (χ2n) is 6.98. The Morgan fingerprint density at radius 2 is 1.52 bits per heavy atom. The Hall–Kier alpha value is -3.20. The van der Waals surface area contributed by atoms with Crippen molar-refractivity contribution in [1.29, 1.82) is 0 Å². The van der Waals surface area contributed by atoms with E-state index < -0.39 is 0 Å². The third-order valence-electron chi connectivity index (χ3n) is 5.29. The van der Waals surface area contributed by atoms with Crippen LogP contribution in [0.5, 0.6) is 0 Å². The molecule has 0 aliphatic heterocycles. The zero-order valence-electron chi connectivity index (χ0n) is 15.4. The lowest BCUT2D eigenvalue weighted by Crippen LogP contribution is -2.02. The van der Waals surface area contributed by atoms with Crippen molar-refractivity contribution in [2.45, 2.75) is 26.3 Å². The van der Waals surface area contributed by atoms with Crippen molar-refractivity contribution in [2.75, 3.05) is 0 Å². The largest absolute Gasteiger partial charge is 0.324 e. The van der Waals surface area contributed by atoms with E-state index >= 15 is 0 Å². The Morgan fingerprint density at radius 1 is 0.778 bits per heavy atom. The van der Waals surface area contributed by atoms with E-state index in [9.17, 15) is 0 Å². The highest BCUT2D eigenvalue weighted by atomic mass is 15.1. The van der Waals surface area contributed by atoms with Gasteiger partial charge in [0.1, 0.15) is 5.52 Å². The summed E-state index contributed by atoms with van der Waals surface area (Å²) in [4.78, 5) is 9.96. The summed E-state index contributed by atoms with van der Waals surface area (Å²) in [5.74, 6) is 0. The number of nitrogens with zero attached hydrogens (tertiary/aromatic N) is 3. The van der Waals surface area contributed by atoms with Gasteiger partial charge in [-0.1, -0.05) is 55.5 Å². The number of fused-ring (bicyclic) bond motifs is 4. The predicted molar refractivity (Wildman–Crippen MR) is 112 cm³/mol. The van der Waals surface area contributed by atoms with Crippen molar-refractivity contribution in [2.24, 2.45) is 0 Å². The van der Waals surface area contributed by atoms with Crippen LogP contribution in [0.1, 0.15) is 18.1 Å². The zero-order chi connectivity index (χ0) is 18.2. The van der Waals surface area contributed by atoms with Crippen LogP contribution in [0.3, 0.4) is 0 Å². The topological polar surface area (TPSA) is 30.7 Å². The monoisotopic (exact) mass is 351 g/mol. The van der Waals surface area contributed by atoms with Crippen LogP contribution < -0.4 is 0 Å². The van der Waals surface area contributed by atoms with E-state index in [1.165, 1.54) is 22.0 Å². The number of hydrogen-bond acceptors (Lipinski definition) is 2. The Labute approximate surface area is 158 Å². The van der Waals surface area contributed by atoms with E-state index in [4.69, 9.17) is 9.97 Å². The van der Waals surface area contributed by atoms with Crippen LogP contribution in [-0.2, 0) is 19.4 Å². The van der Waals surface area contributed by atoms with Crippen LogP contribution >= 0.6 is 0 Å². The standard InChI is InChI=1S/C24H21N3/c1-2-17-12-13-22-19(16-17)23-24(26-21-11-7-6-10-20(21)25-23)27(22)15-14-18-8-4-3-5-9-18/h3-13,16H,2,14-15H2,1H3. The maximum atomic E-state index is 4.98. The summed E-state index contributed by atoms with van der Waals surface area (Å²) >= 11 is 0. The summed E-state index contributed by atoms with van der Waals surface area (Å²) in [6, 6.07) is 25.5. The molecule has 0 saturated carbocycles. The Bertz CT molecular complexity index is 1250. The molecule has 0 N–H and O–H groups in total. The number of para-hydroxylation sites is 2. The molecule has 0 aliphatic rings. The molecule has 3 nitrogen and oxygen atoms in total. The number of benzene rings is 3. The Balaban J connectivity index is 1.74. The molecule has 0 radical (unpaired) electrons. The second-order valence-corrected chi connectivity index (χ2v) is 6.98. The summed E-state index contributed by atoms with van der Waals surface area (Å²) < 4.78 is 2.33. The molecule has 0 amide bonds. The van der Waals surface area contributed by atoms with Crippen molar-refractivity contribution < 1.29 is 0 Å². The van der Waals surface area contributed by atoms with E-state index in [0.29, 0.717) is 0 Å². The number of aryl methyl sites for hydroxylation is 3. The van der Waals surface area contributed by atoms with Crippen molar-refractivity contribution in [3.05, 3.63) is 83.9 Å². The van der Waals surface area contributed by atoms with E-state index in [0.717, 1.165) is 41.6 Å². The lowest BCUT2D eigenvalue weighted by molar-refractivity contribution is 0.738. The normalized spacial score (nSPS) is 11.6. The highest BCUT2D eigenvalue weighted by Crippen LogP contribution is 2.29. The SMILES string of the molecule is CCc1ccc2c(c1)c1nc3ccccc3nc1n2CCc1ccccc1. The molecular formula is C24H21N3. The maximum absolute atomic E-state index is 4.98. The lowest BCUT2D eigenvalue weighted by Gasteiger charge is -2.07. The van der Waals surface area contributed by atoms with Crippen LogP contribution in [-0.4, -0.2) is 14.5 Å². The van der Waals surface area contributed by atoms with E-state index in [2.05, 4.69) is 60.0 Å². The average Bonchev–Trinajstić information content (AvgIpc) is 3.03. The third-order valence-corrected chi connectivity index (χ3v) is 5.29. The molecule has 5 aromatic rings. The van der Waals surface area contributed by atoms with Crippen LogP contribution in [0.4, 0.5) is 0 Å². The molecule has 3 heteroatoms. The van der Waals surface area contributed by atoms with Crippen LogP contribution in [0.15, 0.2) is 72.8 Å². The number of rotatable bonds is 4. The summed E-state index contributed by atoms with van der Waals surface area (Å²) in [5, 5.41) is 1.20. The molecule has 0 bridgehead atoms. The quantitative estimate of drug-likeness (QED) is 0.425. The van der Waals surface area contributed by atoms with E-state index in [-0.39, 0.29) is 0 Å². The van der Waals surface area contributed by atoms with E-state index in [1.54, 1.807) is 0 Å². The summed E-state index contributed by atoms with van der Waals surface area (Å²) in [7, 11) is 0. The fourth-order valence-electron chi connectivity index (χ4n) is 3.81. The van der Waals surface area contributed by atoms with Gasteiger partial charge in [0.05, 0.1) is 16.6 Å². The molecular weight excluding hydrogens is 330 g/mol. The first kappa shape index (κ1) is 16.0. The fourth-order valence-corrected chi connectivity index (χ4v) is 3.81. The van der Waals surface area contributed by atoms with Gasteiger partial charge in [-0.2, -0.15) is 0 Å². The Morgan fingerprint density at radius 3 is 2.30 bits per heavy atom. The van der Waals surface area contributed by atoms with E-state index in [1.807, 2.05) is 24.3 Å². The van der Waals surface area contributed by atoms with Crippen molar-refractivity contribution >= 4 is 33.1 Å². The van der Waals surface area contributed by atoms with Crippen LogP contribution in [0, 0.1) is 0 Å². The lowest BCUT2D eigenvalue weighted by atomic mass is 10.1. The number of hydrogen-bond donors (Lipinski definition) is 0. The zero-order valence-corrected chi connectivity index (χ0v) is 15.4. The molecule has 5 rings (SSSR count). The molecule has 0 aliphatic carbocycles. The van der Waals surface area contributed by atoms with Crippen molar-refractivity contribution in [1.82, 2.24) is 14.5 Å². The minimum Gasteiger partial charge on any atom is -0.324 e. The highest BCUT2D eigenvalue weighted by Gasteiger charge is 2.15. The predicted octanol–water partition coefficient (Wildman–Crippen LogP) is 5.54. The first-order valence-electron chi connectivity index (χ1n) is 9.55. The molecule has 2 aromatic heterocycles. The molecule has 3 aromatic carbocycles. The van der Waals surface area contributed by atoms with Gasteiger partial charge in [0.15, 0.2) is 5.65 Å². The smallest absolute Gasteiger partial charge is 0.160 e. The van der Waals surface area contributed by atoms with Gasteiger partial charge >= 0.3 is 0 Å². The maximum Gasteiger partial charge on any atom is 0.160 e. The summed E-state index contributed by atoms with van der Waals surface area (Å²) in [6.07, 6.45) is 2.00. The second kappa shape index (κ2) is 6.51. The first-order valence-corrected chi connectivity index (χ1v) is 9.55. The molecule has 0 saturated heterocycles. The molecule has 0 spiro atoms. The minimum absolute atomic E-state index is 0.891. The van der Waals surface area contributed by atoms with Crippen LogP contribution in [0.25, 0.3) is 33.1 Å². The van der Waals surface area contributed by atoms with Crippen molar-refractivity contribution in [3.63, 3.8) is 0 Å². The van der Waals surface area contributed by atoms with Gasteiger partial charge in [0.2, 0.25) is 0 Å². The third kappa shape index (κ3) is 2.76. The minimum atomic E-state index is 0.891. The van der Waals surface area contributed by atoms with Gasteiger partial charge < -0.3 is 4.57 Å². The van der Waals surface area contributed by atoms with Gasteiger partial charge in [-0.15, -0.1) is 0 Å². The van der Waals surface area contributed by atoms with Gasteiger partial charge in [-0.05, 0) is 48.2 Å². The van der Waals surface area contributed by atoms with Crippen molar-refractivity contribution in [3.8, 4) is 0 Å². The molecule has 2 heterocycles. The van der Waals surface area contributed by atoms with Crippen LogP contribution in [0.2, 0.25) is 0 Å². The first-order chi connectivity index (χ1) is 13.3. The van der Waals surface area contributed by atoms with Gasteiger partial charge in [0.25, 0.3) is 0 Å². The molecule has 0 fully saturated rings. The van der Waals surface area contributed by atoms with Gasteiger partial charge in [-0.3, -0.25) is 0 Å². The molecule has 132 valence electrons.